The van der Waals surface area contributed by atoms with Crippen LogP contribution in [-0.4, -0.2) is 62.0 Å². The van der Waals surface area contributed by atoms with Crippen LogP contribution in [0, 0.1) is 0 Å². The summed E-state index contributed by atoms with van der Waals surface area (Å²) in [4.78, 5) is 23.9. The van der Waals surface area contributed by atoms with E-state index in [0.717, 1.165) is 70.3 Å². The van der Waals surface area contributed by atoms with Gasteiger partial charge in [-0.1, -0.05) is 43.2 Å². The van der Waals surface area contributed by atoms with Crippen molar-refractivity contribution in [3.05, 3.63) is 35.9 Å². The van der Waals surface area contributed by atoms with E-state index in [-0.39, 0.29) is 6.61 Å². The first-order chi connectivity index (χ1) is 16.5. The van der Waals surface area contributed by atoms with E-state index in [1.165, 1.54) is 0 Å². The molecule has 0 atom stereocenters. The summed E-state index contributed by atoms with van der Waals surface area (Å²) in [5.74, 6) is 0. The van der Waals surface area contributed by atoms with Gasteiger partial charge < -0.3 is 9.47 Å². The number of amides is 2. The van der Waals surface area contributed by atoms with Gasteiger partial charge in [-0.25, -0.2) is 33.2 Å². The highest BCUT2D eigenvalue weighted by molar-refractivity contribution is 7.48. The van der Waals surface area contributed by atoms with Gasteiger partial charge in [0.15, 0.2) is 0 Å². The average Bonchev–Trinajstić information content (AvgIpc) is 2.85. The molecule has 0 bridgehead atoms. The summed E-state index contributed by atoms with van der Waals surface area (Å²) >= 11 is 0. The number of nitrogens with zero attached hydrogens (tertiary/aromatic N) is 2. The summed E-state index contributed by atoms with van der Waals surface area (Å²) in [7, 11) is -4.22. The molecule has 0 radical (unpaired) electrons. The van der Waals surface area contributed by atoms with Crippen molar-refractivity contribution in [3.8, 4) is 0 Å². The van der Waals surface area contributed by atoms with E-state index >= 15 is 0 Å². The molecule has 190 valence electrons. The fourth-order valence-corrected chi connectivity index (χ4v) is 4.36. The minimum atomic E-state index is -4.22. The number of ether oxygens (including phenoxy) is 2. The molecule has 2 heterocycles. The molecular formula is C21H33N4O8P. The third-order valence-electron chi connectivity index (χ3n) is 5.24. The van der Waals surface area contributed by atoms with E-state index < -0.39 is 33.6 Å². The normalized spacial score (nSPS) is 17.6. The van der Waals surface area contributed by atoms with E-state index in [4.69, 9.17) is 23.0 Å². The molecule has 1 aromatic rings. The number of carbonyl (C=O) groups is 2. The Balaban J connectivity index is 1.44. The fraction of sp³-hybridized carbons (Fsp3) is 0.619. The zero-order valence-corrected chi connectivity index (χ0v) is 20.1. The Kier molecular flexibility index (Phi) is 11.1. The molecule has 2 aliphatic rings. The summed E-state index contributed by atoms with van der Waals surface area (Å²) in [5, 5.41) is 3.51. The SMILES string of the molecule is O=C(NN1CCCCC1)OCOP(=O)(OCOC(=O)NN1CCCCC1)OCc1ccccc1. The van der Waals surface area contributed by atoms with Crippen LogP contribution in [0.15, 0.2) is 30.3 Å². The van der Waals surface area contributed by atoms with Crippen molar-refractivity contribution < 1.29 is 37.2 Å². The van der Waals surface area contributed by atoms with Gasteiger partial charge in [0, 0.05) is 26.2 Å². The molecular weight excluding hydrogens is 467 g/mol. The molecule has 2 fully saturated rings. The van der Waals surface area contributed by atoms with Crippen LogP contribution >= 0.6 is 7.82 Å². The van der Waals surface area contributed by atoms with Crippen molar-refractivity contribution in [2.24, 2.45) is 0 Å². The number of nitrogens with one attached hydrogen (secondary N) is 2. The van der Waals surface area contributed by atoms with Gasteiger partial charge in [0.25, 0.3) is 0 Å². The van der Waals surface area contributed by atoms with E-state index in [2.05, 4.69) is 10.9 Å². The maximum Gasteiger partial charge on any atom is 0.480 e. The molecule has 12 nitrogen and oxygen atoms in total. The monoisotopic (exact) mass is 500 g/mol. The first-order valence-corrected chi connectivity index (χ1v) is 12.9. The van der Waals surface area contributed by atoms with Gasteiger partial charge in [0.2, 0.25) is 13.6 Å². The molecule has 2 aliphatic heterocycles. The van der Waals surface area contributed by atoms with Crippen LogP contribution in [-0.2, 0) is 34.2 Å². The van der Waals surface area contributed by atoms with Crippen LogP contribution in [0.1, 0.15) is 44.1 Å². The molecule has 0 spiro atoms. The van der Waals surface area contributed by atoms with Crippen LogP contribution in [0.2, 0.25) is 0 Å². The Morgan fingerprint density at radius 2 is 1.21 bits per heavy atom. The smallest absolute Gasteiger partial charge is 0.421 e. The maximum absolute atomic E-state index is 13.0. The van der Waals surface area contributed by atoms with Gasteiger partial charge in [-0.2, -0.15) is 0 Å². The molecule has 2 N–H and O–H groups in total. The van der Waals surface area contributed by atoms with E-state index in [1.807, 2.05) is 6.07 Å². The number of benzene rings is 1. The number of phosphoric acid groups is 1. The summed E-state index contributed by atoms with van der Waals surface area (Å²) in [5.41, 5.74) is 5.92. The Morgan fingerprint density at radius 1 is 0.735 bits per heavy atom. The minimum Gasteiger partial charge on any atom is -0.421 e. The lowest BCUT2D eigenvalue weighted by molar-refractivity contribution is -0.0190. The van der Waals surface area contributed by atoms with E-state index in [0.29, 0.717) is 0 Å². The van der Waals surface area contributed by atoms with Gasteiger partial charge in [-0.3, -0.25) is 15.4 Å². The molecule has 2 saturated heterocycles. The van der Waals surface area contributed by atoms with Crippen molar-refractivity contribution in [2.75, 3.05) is 39.8 Å². The Morgan fingerprint density at radius 3 is 1.68 bits per heavy atom. The lowest BCUT2D eigenvalue weighted by atomic mass is 10.2. The average molecular weight is 500 g/mol. The number of hydrazine groups is 2. The number of hydrogen-bond donors (Lipinski definition) is 2. The predicted molar refractivity (Wildman–Crippen MR) is 121 cm³/mol. The van der Waals surface area contributed by atoms with Gasteiger partial charge in [0.1, 0.15) is 0 Å². The molecule has 1 aromatic carbocycles. The van der Waals surface area contributed by atoms with E-state index in [9.17, 15) is 14.2 Å². The summed E-state index contributed by atoms with van der Waals surface area (Å²) < 4.78 is 38.5. The molecule has 0 aromatic heterocycles. The van der Waals surface area contributed by atoms with Gasteiger partial charge in [0.05, 0.1) is 6.61 Å². The number of carbonyl (C=O) groups excluding carboxylic acids is 2. The second-order valence-corrected chi connectivity index (χ2v) is 9.55. The highest BCUT2D eigenvalue weighted by atomic mass is 31.2. The van der Waals surface area contributed by atoms with Crippen LogP contribution < -0.4 is 10.9 Å². The number of phosphoric ester groups is 1. The van der Waals surface area contributed by atoms with Crippen LogP contribution in [0.25, 0.3) is 0 Å². The van der Waals surface area contributed by atoms with Crippen molar-refractivity contribution in [3.63, 3.8) is 0 Å². The Hall–Kier alpha value is -2.21. The van der Waals surface area contributed by atoms with Gasteiger partial charge >= 0.3 is 20.0 Å². The van der Waals surface area contributed by atoms with Crippen molar-refractivity contribution >= 4 is 20.0 Å². The maximum atomic E-state index is 13.0. The largest absolute Gasteiger partial charge is 0.480 e. The first kappa shape index (κ1) is 26.4. The zero-order valence-electron chi connectivity index (χ0n) is 19.2. The summed E-state index contributed by atoms with van der Waals surface area (Å²) in [6, 6.07) is 8.98. The molecule has 2 amide bonds. The second kappa shape index (κ2) is 14.2. The van der Waals surface area contributed by atoms with Gasteiger partial charge in [-0.05, 0) is 31.2 Å². The second-order valence-electron chi connectivity index (χ2n) is 7.88. The molecule has 0 unspecified atom stereocenters. The quantitative estimate of drug-likeness (QED) is 0.344. The molecule has 13 heteroatoms. The lowest BCUT2D eigenvalue weighted by Gasteiger charge is -2.26. The van der Waals surface area contributed by atoms with Crippen LogP contribution in [0.5, 0.6) is 0 Å². The van der Waals surface area contributed by atoms with Crippen LogP contribution in [0.3, 0.4) is 0 Å². The van der Waals surface area contributed by atoms with Crippen molar-refractivity contribution in [1.29, 1.82) is 0 Å². The third kappa shape index (κ3) is 9.96. The van der Waals surface area contributed by atoms with E-state index in [1.54, 1.807) is 34.3 Å². The molecule has 0 saturated carbocycles. The molecule has 0 aliphatic carbocycles. The van der Waals surface area contributed by atoms with Crippen molar-refractivity contribution in [1.82, 2.24) is 20.9 Å². The third-order valence-corrected chi connectivity index (χ3v) is 6.53. The highest BCUT2D eigenvalue weighted by Gasteiger charge is 2.29. The summed E-state index contributed by atoms with van der Waals surface area (Å²) in [6.07, 6.45) is 4.69. The Bertz CT molecular complexity index is 761. The highest BCUT2D eigenvalue weighted by Crippen LogP contribution is 2.50. The predicted octanol–water partition coefficient (Wildman–Crippen LogP) is 3.51. The summed E-state index contributed by atoms with van der Waals surface area (Å²) in [6.45, 7) is 1.49. The number of piperidine rings is 2. The first-order valence-electron chi connectivity index (χ1n) is 11.5. The minimum absolute atomic E-state index is 0.0853. The number of rotatable bonds is 11. The van der Waals surface area contributed by atoms with Crippen LogP contribution in [0.4, 0.5) is 9.59 Å². The molecule has 34 heavy (non-hydrogen) atoms. The molecule has 3 rings (SSSR count). The zero-order chi connectivity index (χ0) is 24.1. The van der Waals surface area contributed by atoms with Gasteiger partial charge in [-0.15, -0.1) is 0 Å². The standard InChI is InChI=1S/C21H33N4O8P/c26-20(22-24-12-6-2-7-13-24)29-17-32-34(28,31-16-19-10-4-1-5-11-19)33-18-30-21(27)23-25-14-8-3-9-15-25/h1,4-5,10-11H,2-3,6-9,12-18H2,(H,22,26)(H,23,27). The topological polar surface area (TPSA) is 128 Å². The van der Waals surface area contributed by atoms with Crippen molar-refractivity contribution in [2.45, 2.75) is 45.1 Å². The Labute approximate surface area is 199 Å². The number of hydrogen-bond acceptors (Lipinski definition) is 10. The lowest BCUT2D eigenvalue weighted by Crippen LogP contribution is -2.45. The fourth-order valence-electron chi connectivity index (χ4n) is 3.46.